The van der Waals surface area contributed by atoms with Gasteiger partial charge in [0.1, 0.15) is 0 Å². The number of piperazine rings is 1. The second-order valence-electron chi connectivity index (χ2n) is 7.15. The first-order chi connectivity index (χ1) is 13.9. The van der Waals surface area contributed by atoms with E-state index < -0.39 is 10.0 Å². The van der Waals surface area contributed by atoms with Gasteiger partial charge in [0, 0.05) is 11.8 Å². The van der Waals surface area contributed by atoms with Crippen LogP contribution in [0.5, 0.6) is 11.5 Å². The molecule has 2 aromatic carbocycles. The van der Waals surface area contributed by atoms with E-state index >= 15 is 0 Å². The number of hydrogen-bond acceptors (Lipinski definition) is 5. The summed E-state index contributed by atoms with van der Waals surface area (Å²) in [5, 5.41) is 2.91. The number of benzene rings is 2. The van der Waals surface area contributed by atoms with E-state index in [1.165, 1.54) is 4.31 Å². The van der Waals surface area contributed by atoms with Gasteiger partial charge in [0.25, 0.3) is 5.91 Å². The summed E-state index contributed by atoms with van der Waals surface area (Å²) in [4.78, 5) is 14.0. The lowest BCUT2D eigenvalue weighted by atomic mass is 10.2. The van der Waals surface area contributed by atoms with Crippen LogP contribution in [0, 0.1) is 0 Å². The number of fused-ring (bicyclic) bond motifs is 1. The van der Waals surface area contributed by atoms with Gasteiger partial charge in [-0.25, -0.2) is 8.42 Å². The van der Waals surface area contributed by atoms with E-state index in [1.807, 2.05) is 6.92 Å². The number of amides is 1. The normalized spacial score (nSPS) is 18.4. The molecule has 8 nitrogen and oxygen atoms in total. The molecular formula is C20H24N3O5S+. The number of quaternary nitrogens is 1. The Morgan fingerprint density at radius 3 is 2.48 bits per heavy atom. The first-order valence-corrected chi connectivity index (χ1v) is 11.0. The molecule has 29 heavy (non-hydrogen) atoms. The fourth-order valence-electron chi connectivity index (χ4n) is 3.60. The van der Waals surface area contributed by atoms with Crippen LogP contribution in [0.15, 0.2) is 53.4 Å². The van der Waals surface area contributed by atoms with Crippen molar-refractivity contribution in [1.29, 1.82) is 0 Å². The summed E-state index contributed by atoms with van der Waals surface area (Å²) in [6.45, 7) is 3.95. The van der Waals surface area contributed by atoms with Gasteiger partial charge in [-0.3, -0.25) is 4.79 Å². The topological polar surface area (TPSA) is 89.4 Å². The molecule has 2 heterocycles. The molecule has 0 spiro atoms. The molecule has 0 aliphatic carbocycles. The predicted octanol–water partition coefficient (Wildman–Crippen LogP) is 0.332. The van der Waals surface area contributed by atoms with Gasteiger partial charge in [-0.15, -0.1) is 0 Å². The smallest absolute Gasteiger partial charge is 0.282 e. The molecule has 0 aromatic heterocycles. The highest BCUT2D eigenvalue weighted by molar-refractivity contribution is 7.89. The summed E-state index contributed by atoms with van der Waals surface area (Å²) in [6, 6.07) is 13.4. The molecule has 0 radical (unpaired) electrons. The third-order valence-electron chi connectivity index (χ3n) is 5.39. The second kappa shape index (κ2) is 8.02. The number of hydrogen-bond donors (Lipinski definition) is 2. The molecule has 1 atom stereocenters. The van der Waals surface area contributed by atoms with Crippen molar-refractivity contribution < 1.29 is 27.6 Å². The molecule has 2 aromatic rings. The standard InChI is InChI=1S/C20H23N3O5S/c1-15(20(24)21-16-7-8-18-19(13-16)28-14-27-18)22-9-11-23(12-10-22)29(25,26)17-5-3-2-4-6-17/h2-8,13,15H,9-12,14H2,1H3,(H,21,24)/p+1/t15-/m0/s1. The molecule has 154 valence electrons. The van der Waals surface area contributed by atoms with Gasteiger partial charge in [-0.1, -0.05) is 18.2 Å². The zero-order valence-corrected chi connectivity index (χ0v) is 16.9. The molecular weight excluding hydrogens is 394 g/mol. The molecule has 2 aliphatic rings. The number of nitrogens with zero attached hydrogens (tertiary/aromatic N) is 1. The summed E-state index contributed by atoms with van der Waals surface area (Å²) in [7, 11) is -3.49. The Kier molecular flexibility index (Phi) is 5.44. The van der Waals surface area contributed by atoms with Gasteiger partial charge in [-0.2, -0.15) is 4.31 Å². The minimum Gasteiger partial charge on any atom is -0.454 e. The molecule has 4 rings (SSSR count). The van der Waals surface area contributed by atoms with Crippen molar-refractivity contribution in [2.24, 2.45) is 0 Å². The van der Waals surface area contributed by atoms with Crippen molar-refractivity contribution in [3.63, 3.8) is 0 Å². The molecule has 2 N–H and O–H groups in total. The second-order valence-corrected chi connectivity index (χ2v) is 9.09. The Morgan fingerprint density at radius 1 is 1.07 bits per heavy atom. The summed E-state index contributed by atoms with van der Waals surface area (Å²) in [5.74, 6) is 1.16. The van der Waals surface area contributed by atoms with E-state index in [4.69, 9.17) is 9.47 Å². The molecule has 2 aliphatic heterocycles. The highest BCUT2D eigenvalue weighted by Crippen LogP contribution is 2.34. The van der Waals surface area contributed by atoms with Crippen molar-refractivity contribution >= 4 is 21.6 Å². The number of carbonyl (C=O) groups is 1. The van der Waals surface area contributed by atoms with Crippen LogP contribution < -0.4 is 19.7 Å². The average molecular weight is 418 g/mol. The van der Waals surface area contributed by atoms with Crippen molar-refractivity contribution in [3.8, 4) is 11.5 Å². The van der Waals surface area contributed by atoms with E-state index in [9.17, 15) is 13.2 Å². The van der Waals surface area contributed by atoms with E-state index in [1.54, 1.807) is 48.5 Å². The van der Waals surface area contributed by atoms with Crippen LogP contribution in [0.25, 0.3) is 0 Å². The fourth-order valence-corrected chi connectivity index (χ4v) is 5.06. The summed E-state index contributed by atoms with van der Waals surface area (Å²) in [6.07, 6.45) is 0. The third kappa shape index (κ3) is 4.07. The number of sulfonamides is 1. The highest BCUT2D eigenvalue weighted by atomic mass is 32.2. The zero-order chi connectivity index (χ0) is 20.4. The van der Waals surface area contributed by atoms with Crippen LogP contribution in [0.3, 0.4) is 0 Å². The zero-order valence-electron chi connectivity index (χ0n) is 16.1. The number of rotatable bonds is 5. The Bertz CT molecular complexity index is 988. The predicted molar refractivity (Wildman–Crippen MR) is 107 cm³/mol. The molecule has 1 saturated heterocycles. The van der Waals surface area contributed by atoms with E-state index in [-0.39, 0.29) is 18.7 Å². The lowest BCUT2D eigenvalue weighted by Crippen LogP contribution is -3.19. The van der Waals surface area contributed by atoms with Gasteiger partial charge < -0.3 is 19.7 Å². The van der Waals surface area contributed by atoms with Crippen LogP contribution in [0.2, 0.25) is 0 Å². The molecule has 0 saturated carbocycles. The molecule has 0 unspecified atom stereocenters. The first kappa shape index (κ1) is 19.7. The molecule has 0 bridgehead atoms. The van der Waals surface area contributed by atoms with Gasteiger partial charge in [-0.05, 0) is 31.2 Å². The molecule has 1 amide bonds. The Morgan fingerprint density at radius 2 is 1.76 bits per heavy atom. The first-order valence-electron chi connectivity index (χ1n) is 9.55. The van der Waals surface area contributed by atoms with Crippen molar-refractivity contribution in [3.05, 3.63) is 48.5 Å². The highest BCUT2D eigenvalue weighted by Gasteiger charge is 2.34. The fraction of sp³-hybridized carbons (Fsp3) is 0.350. The minimum absolute atomic E-state index is 0.113. The van der Waals surface area contributed by atoms with Gasteiger partial charge in [0.05, 0.1) is 31.1 Å². The molecule has 9 heteroatoms. The van der Waals surface area contributed by atoms with Crippen LogP contribution in [0.4, 0.5) is 5.69 Å². The van der Waals surface area contributed by atoms with Crippen LogP contribution >= 0.6 is 0 Å². The van der Waals surface area contributed by atoms with Crippen molar-refractivity contribution in [1.82, 2.24) is 4.31 Å². The van der Waals surface area contributed by atoms with E-state index in [0.717, 1.165) is 4.90 Å². The van der Waals surface area contributed by atoms with Gasteiger partial charge >= 0.3 is 0 Å². The molecule has 1 fully saturated rings. The number of carbonyl (C=O) groups excluding carboxylic acids is 1. The maximum atomic E-state index is 12.7. The van der Waals surface area contributed by atoms with Crippen molar-refractivity contribution in [2.75, 3.05) is 38.3 Å². The Balaban J connectivity index is 1.35. The number of nitrogens with one attached hydrogen (secondary N) is 2. The Labute approximate surface area is 170 Å². The van der Waals surface area contributed by atoms with E-state index in [2.05, 4.69) is 5.32 Å². The van der Waals surface area contributed by atoms with Gasteiger partial charge in [0.2, 0.25) is 16.8 Å². The van der Waals surface area contributed by atoms with Crippen LogP contribution in [-0.2, 0) is 14.8 Å². The summed E-state index contributed by atoms with van der Waals surface area (Å²) in [5.41, 5.74) is 0.649. The van der Waals surface area contributed by atoms with Gasteiger partial charge in [0.15, 0.2) is 17.5 Å². The maximum Gasteiger partial charge on any atom is 0.282 e. The SMILES string of the molecule is C[C@@H](C(=O)Nc1ccc2c(c1)OCO2)[NH+]1CCN(S(=O)(=O)c2ccccc2)CC1. The lowest BCUT2D eigenvalue weighted by molar-refractivity contribution is -0.917. The number of ether oxygens (including phenoxy) is 2. The van der Waals surface area contributed by atoms with Crippen LogP contribution in [0.1, 0.15) is 6.92 Å². The lowest BCUT2D eigenvalue weighted by Gasteiger charge is -2.34. The summed E-state index contributed by atoms with van der Waals surface area (Å²) < 4.78 is 37.6. The Hall–Kier alpha value is -2.62. The maximum absolute atomic E-state index is 12.7. The van der Waals surface area contributed by atoms with Crippen molar-refractivity contribution in [2.45, 2.75) is 17.9 Å². The summed E-state index contributed by atoms with van der Waals surface area (Å²) >= 11 is 0. The minimum atomic E-state index is -3.49. The quantitative estimate of drug-likeness (QED) is 0.731. The number of anilines is 1. The monoisotopic (exact) mass is 418 g/mol. The largest absolute Gasteiger partial charge is 0.454 e. The third-order valence-corrected chi connectivity index (χ3v) is 7.30. The van der Waals surface area contributed by atoms with Crippen LogP contribution in [-0.4, -0.2) is 57.6 Å². The van der Waals surface area contributed by atoms with E-state index in [0.29, 0.717) is 48.3 Å². The average Bonchev–Trinajstić information content (AvgIpc) is 3.22.